The van der Waals surface area contributed by atoms with Gasteiger partial charge in [-0.05, 0) is 42.5 Å². The molecule has 0 saturated heterocycles. The number of hydrogen-bond donors (Lipinski definition) is 1. The van der Waals surface area contributed by atoms with Crippen molar-refractivity contribution in [2.75, 3.05) is 5.32 Å². The molecule has 0 radical (unpaired) electrons. The van der Waals surface area contributed by atoms with Gasteiger partial charge in [-0.2, -0.15) is 10.5 Å². The van der Waals surface area contributed by atoms with Crippen LogP contribution < -0.4 is 5.32 Å². The van der Waals surface area contributed by atoms with Gasteiger partial charge in [0.15, 0.2) is 0 Å². The Morgan fingerprint density at radius 3 is 2.29 bits per heavy atom. The zero-order valence-corrected chi connectivity index (χ0v) is 11.6. The number of rotatable bonds is 3. The Morgan fingerprint density at radius 1 is 0.905 bits per heavy atom. The molecule has 1 fully saturated rings. The van der Waals surface area contributed by atoms with Crippen molar-refractivity contribution in [3.05, 3.63) is 65.2 Å². The molecule has 1 aliphatic carbocycles. The zero-order chi connectivity index (χ0) is 14.7. The van der Waals surface area contributed by atoms with E-state index in [1.54, 1.807) is 12.1 Å². The molecule has 3 rings (SSSR count). The van der Waals surface area contributed by atoms with E-state index in [-0.39, 0.29) is 0 Å². The molecule has 0 amide bonds. The third-order valence-corrected chi connectivity index (χ3v) is 4.04. The van der Waals surface area contributed by atoms with Crippen LogP contribution in [0.1, 0.15) is 35.4 Å². The minimum atomic E-state index is 0.429. The lowest BCUT2D eigenvalue weighted by atomic mass is 9.76. The Balaban J connectivity index is 1.63. The molecule has 21 heavy (non-hydrogen) atoms. The van der Waals surface area contributed by atoms with E-state index in [2.05, 4.69) is 35.7 Å². The van der Waals surface area contributed by atoms with E-state index >= 15 is 0 Å². The summed E-state index contributed by atoms with van der Waals surface area (Å²) in [5, 5.41) is 21.4. The summed E-state index contributed by atoms with van der Waals surface area (Å²) in [7, 11) is 0. The minimum absolute atomic E-state index is 0.429. The van der Waals surface area contributed by atoms with Gasteiger partial charge in [0.25, 0.3) is 0 Å². The van der Waals surface area contributed by atoms with E-state index in [1.165, 1.54) is 5.56 Å². The molecule has 0 heterocycles. The summed E-state index contributed by atoms with van der Waals surface area (Å²) in [4.78, 5) is 0. The second-order valence-corrected chi connectivity index (χ2v) is 5.40. The van der Waals surface area contributed by atoms with Gasteiger partial charge in [-0.25, -0.2) is 0 Å². The smallest absolute Gasteiger partial charge is 0.101 e. The molecule has 0 spiro atoms. The van der Waals surface area contributed by atoms with E-state index in [4.69, 9.17) is 10.5 Å². The van der Waals surface area contributed by atoms with Gasteiger partial charge in [-0.1, -0.05) is 30.3 Å². The Morgan fingerprint density at radius 2 is 1.62 bits per heavy atom. The fourth-order valence-electron chi connectivity index (χ4n) is 2.79. The first kappa shape index (κ1) is 13.2. The maximum absolute atomic E-state index is 9.04. The first-order valence-electron chi connectivity index (χ1n) is 7.06. The molecular formula is C18H15N3. The quantitative estimate of drug-likeness (QED) is 0.925. The maximum atomic E-state index is 9.04. The largest absolute Gasteiger partial charge is 0.382 e. The maximum Gasteiger partial charge on any atom is 0.101 e. The van der Waals surface area contributed by atoms with Crippen LogP contribution in [0.3, 0.4) is 0 Å². The normalized spacial score (nSPS) is 19.9. The SMILES string of the molecule is N#Cc1ccc(NC2CC(c3ccccc3)C2)cc1C#N. The Kier molecular flexibility index (Phi) is 3.58. The van der Waals surface area contributed by atoms with Crippen molar-refractivity contribution in [1.82, 2.24) is 0 Å². The van der Waals surface area contributed by atoms with Crippen molar-refractivity contribution in [1.29, 1.82) is 10.5 Å². The first-order valence-corrected chi connectivity index (χ1v) is 7.06. The van der Waals surface area contributed by atoms with Crippen molar-refractivity contribution in [3.63, 3.8) is 0 Å². The van der Waals surface area contributed by atoms with Crippen LogP contribution in [0.5, 0.6) is 0 Å². The summed E-state index contributed by atoms with van der Waals surface area (Å²) >= 11 is 0. The molecule has 1 N–H and O–H groups in total. The third kappa shape index (κ3) is 2.73. The fraction of sp³-hybridized carbons (Fsp3) is 0.222. The highest BCUT2D eigenvalue weighted by Crippen LogP contribution is 2.38. The summed E-state index contributed by atoms with van der Waals surface area (Å²) in [6.45, 7) is 0. The number of nitriles is 2. The number of nitrogens with zero attached hydrogens (tertiary/aromatic N) is 2. The van der Waals surface area contributed by atoms with Crippen molar-refractivity contribution in [2.45, 2.75) is 24.8 Å². The molecule has 0 aromatic heterocycles. The molecular weight excluding hydrogens is 258 g/mol. The fourth-order valence-corrected chi connectivity index (χ4v) is 2.79. The van der Waals surface area contributed by atoms with Crippen molar-refractivity contribution >= 4 is 5.69 Å². The average Bonchev–Trinajstić information content (AvgIpc) is 2.51. The highest BCUT2D eigenvalue weighted by Gasteiger charge is 2.30. The molecule has 0 atom stereocenters. The van der Waals surface area contributed by atoms with Crippen LogP contribution in [0.15, 0.2) is 48.5 Å². The van der Waals surface area contributed by atoms with E-state index in [9.17, 15) is 0 Å². The van der Waals surface area contributed by atoms with Gasteiger partial charge in [-0.3, -0.25) is 0 Å². The zero-order valence-electron chi connectivity index (χ0n) is 11.6. The summed E-state index contributed by atoms with van der Waals surface area (Å²) in [5.41, 5.74) is 3.18. The van der Waals surface area contributed by atoms with E-state index in [0.717, 1.165) is 18.5 Å². The van der Waals surface area contributed by atoms with Crippen LogP contribution in [0.4, 0.5) is 5.69 Å². The molecule has 0 aliphatic heterocycles. The lowest BCUT2D eigenvalue weighted by Crippen LogP contribution is -2.33. The van der Waals surface area contributed by atoms with Gasteiger partial charge >= 0.3 is 0 Å². The minimum Gasteiger partial charge on any atom is -0.382 e. The standard InChI is InChI=1S/C18H15N3/c19-11-14-6-7-17(10-16(14)12-20)21-18-8-15(9-18)13-4-2-1-3-5-13/h1-7,10,15,18,21H,8-9H2. The van der Waals surface area contributed by atoms with Gasteiger partial charge in [0.05, 0.1) is 11.1 Å². The van der Waals surface area contributed by atoms with Crippen molar-refractivity contribution in [2.24, 2.45) is 0 Å². The van der Waals surface area contributed by atoms with Gasteiger partial charge in [-0.15, -0.1) is 0 Å². The van der Waals surface area contributed by atoms with Gasteiger partial charge < -0.3 is 5.32 Å². The van der Waals surface area contributed by atoms with Crippen LogP contribution in [0.25, 0.3) is 0 Å². The van der Waals surface area contributed by atoms with Crippen molar-refractivity contribution in [3.8, 4) is 12.1 Å². The van der Waals surface area contributed by atoms with E-state index in [0.29, 0.717) is 23.1 Å². The van der Waals surface area contributed by atoms with E-state index < -0.39 is 0 Å². The first-order chi connectivity index (χ1) is 10.3. The van der Waals surface area contributed by atoms with Crippen LogP contribution in [0.2, 0.25) is 0 Å². The monoisotopic (exact) mass is 273 g/mol. The molecule has 1 saturated carbocycles. The van der Waals surface area contributed by atoms with Crippen LogP contribution >= 0.6 is 0 Å². The number of anilines is 1. The van der Waals surface area contributed by atoms with Crippen molar-refractivity contribution < 1.29 is 0 Å². The Bertz CT molecular complexity index is 716. The average molecular weight is 273 g/mol. The summed E-state index contributed by atoms with van der Waals surface area (Å²) in [6.07, 6.45) is 2.21. The Hall–Kier alpha value is -2.78. The lowest BCUT2D eigenvalue weighted by Gasteiger charge is -2.37. The van der Waals surface area contributed by atoms with Crippen LogP contribution in [-0.2, 0) is 0 Å². The Labute approximate surface area is 124 Å². The second kappa shape index (κ2) is 5.69. The molecule has 3 nitrogen and oxygen atoms in total. The summed E-state index contributed by atoms with van der Waals surface area (Å²) < 4.78 is 0. The molecule has 2 aromatic carbocycles. The second-order valence-electron chi connectivity index (χ2n) is 5.40. The van der Waals surface area contributed by atoms with E-state index in [1.807, 2.05) is 18.2 Å². The van der Waals surface area contributed by atoms with Gasteiger partial charge in [0.2, 0.25) is 0 Å². The molecule has 1 aliphatic rings. The molecule has 0 bridgehead atoms. The van der Waals surface area contributed by atoms with Gasteiger partial charge in [0, 0.05) is 11.7 Å². The highest BCUT2D eigenvalue weighted by molar-refractivity contribution is 5.57. The van der Waals surface area contributed by atoms with Gasteiger partial charge in [0.1, 0.15) is 12.1 Å². The summed E-state index contributed by atoms with van der Waals surface area (Å²) in [5.74, 6) is 0.623. The number of nitrogens with one attached hydrogen (secondary N) is 1. The predicted octanol–water partition coefficient (Wildman–Crippen LogP) is 3.79. The highest BCUT2D eigenvalue weighted by atomic mass is 14.9. The molecule has 2 aromatic rings. The van der Waals surface area contributed by atoms with Crippen LogP contribution in [0, 0.1) is 22.7 Å². The molecule has 0 unspecified atom stereocenters. The molecule has 3 heteroatoms. The number of benzene rings is 2. The number of hydrogen-bond acceptors (Lipinski definition) is 3. The van der Waals surface area contributed by atoms with Crippen LogP contribution in [-0.4, -0.2) is 6.04 Å². The predicted molar refractivity (Wildman–Crippen MR) is 81.7 cm³/mol. The summed E-state index contributed by atoms with van der Waals surface area (Å²) in [6, 6.07) is 20.4. The topological polar surface area (TPSA) is 59.6 Å². The lowest BCUT2D eigenvalue weighted by molar-refractivity contribution is 0.374. The molecule has 102 valence electrons. The third-order valence-electron chi connectivity index (χ3n) is 4.04.